The van der Waals surface area contributed by atoms with E-state index < -0.39 is 18.1 Å². The molecule has 5 nitrogen and oxygen atoms in total. The number of carboxylic acid groups (broad SMARTS) is 1. The second-order valence-electron chi connectivity index (χ2n) is 6.88. The molecule has 1 fully saturated rings. The zero-order chi connectivity index (χ0) is 17.6. The second kappa shape index (κ2) is 10.3. The van der Waals surface area contributed by atoms with Crippen LogP contribution in [0.2, 0.25) is 0 Å². The Kier molecular flexibility index (Phi) is 8.35. The van der Waals surface area contributed by atoms with E-state index >= 15 is 0 Å². The Morgan fingerprint density at radius 2 is 1.88 bits per heavy atom. The zero-order valence-corrected chi connectivity index (χ0v) is 17.4. The summed E-state index contributed by atoms with van der Waals surface area (Å²) in [4.78, 5) is 25.8. The van der Waals surface area contributed by atoms with Gasteiger partial charge in [0, 0.05) is 13.1 Å². The number of benzene rings is 1. The first kappa shape index (κ1) is 21.2. The van der Waals surface area contributed by atoms with Crippen LogP contribution in [-0.4, -0.2) is 35.4 Å². The molecule has 0 aromatic heterocycles. The van der Waals surface area contributed by atoms with Gasteiger partial charge in [-0.15, -0.1) is 0 Å². The molecule has 1 N–H and O–H groups in total. The Hall–Kier alpha value is -1.14. The van der Waals surface area contributed by atoms with E-state index in [2.05, 4.69) is 11.4 Å². The number of nitrogens with one attached hydrogen (secondary N) is 1. The molecule has 1 amide bonds. The van der Waals surface area contributed by atoms with Crippen molar-refractivity contribution in [3.05, 3.63) is 47.5 Å². The molecule has 3 rings (SSSR count). The second-order valence-corrected chi connectivity index (χ2v) is 6.88. The predicted octanol–water partition coefficient (Wildman–Crippen LogP) is -1.61. The van der Waals surface area contributed by atoms with Crippen LogP contribution in [0.5, 0.6) is 0 Å². The fourth-order valence-corrected chi connectivity index (χ4v) is 3.84. The summed E-state index contributed by atoms with van der Waals surface area (Å²) in [6, 6.07) is 8.56. The van der Waals surface area contributed by atoms with E-state index in [1.807, 2.05) is 30.3 Å². The van der Waals surface area contributed by atoms with Crippen molar-refractivity contribution in [1.29, 1.82) is 0 Å². The SMILES string of the molecule is O=C([O-])C1CCC(C(=O)NCCC2=CCCC2)N1Cc1ccccc1.[Na+]. The van der Waals surface area contributed by atoms with E-state index in [4.69, 9.17) is 0 Å². The van der Waals surface area contributed by atoms with Gasteiger partial charge in [-0.1, -0.05) is 42.0 Å². The van der Waals surface area contributed by atoms with Crippen molar-refractivity contribution < 1.29 is 44.3 Å². The molecule has 0 radical (unpaired) electrons. The molecule has 2 atom stereocenters. The topological polar surface area (TPSA) is 72.5 Å². The minimum absolute atomic E-state index is 0. The number of carbonyl (C=O) groups is 2. The van der Waals surface area contributed by atoms with Gasteiger partial charge >= 0.3 is 29.6 Å². The molecular formula is C20H25N2NaO3. The zero-order valence-electron chi connectivity index (χ0n) is 15.4. The minimum Gasteiger partial charge on any atom is -0.548 e. The van der Waals surface area contributed by atoms with Gasteiger partial charge < -0.3 is 15.2 Å². The Bertz CT molecular complexity index is 648. The van der Waals surface area contributed by atoms with Gasteiger partial charge in [-0.25, -0.2) is 0 Å². The van der Waals surface area contributed by atoms with Gasteiger partial charge in [0.15, 0.2) is 0 Å². The van der Waals surface area contributed by atoms with Crippen LogP contribution in [0.1, 0.15) is 44.1 Å². The first-order valence-corrected chi connectivity index (χ1v) is 9.11. The molecule has 2 aliphatic rings. The van der Waals surface area contributed by atoms with E-state index in [0.717, 1.165) is 24.8 Å². The molecule has 1 aliphatic heterocycles. The van der Waals surface area contributed by atoms with Crippen LogP contribution in [0.3, 0.4) is 0 Å². The Morgan fingerprint density at radius 1 is 1.15 bits per heavy atom. The number of carboxylic acids is 1. The van der Waals surface area contributed by atoms with E-state index in [1.165, 1.54) is 12.0 Å². The maximum atomic E-state index is 12.6. The van der Waals surface area contributed by atoms with Crippen molar-refractivity contribution in [3.63, 3.8) is 0 Å². The van der Waals surface area contributed by atoms with Crippen LogP contribution in [0, 0.1) is 0 Å². The normalized spacial score (nSPS) is 22.5. The third-order valence-electron chi connectivity index (χ3n) is 5.18. The van der Waals surface area contributed by atoms with E-state index in [-0.39, 0.29) is 35.5 Å². The number of amides is 1. The van der Waals surface area contributed by atoms with Crippen LogP contribution >= 0.6 is 0 Å². The van der Waals surface area contributed by atoms with Gasteiger partial charge in [0.05, 0.1) is 18.1 Å². The first-order chi connectivity index (χ1) is 12.1. The van der Waals surface area contributed by atoms with E-state index in [9.17, 15) is 14.7 Å². The molecule has 1 saturated heterocycles. The standard InChI is InChI=1S/C20H26N2O3.Na/c23-19(21-13-12-15-6-4-5-7-15)17-10-11-18(20(24)25)22(17)14-16-8-2-1-3-9-16;/h1-3,6,8-9,17-18H,4-5,7,10-14H2,(H,21,23)(H,24,25);/q;+1/p-1. The van der Waals surface area contributed by atoms with Crippen LogP contribution in [-0.2, 0) is 16.1 Å². The smallest absolute Gasteiger partial charge is 0.548 e. The summed E-state index contributed by atoms with van der Waals surface area (Å²) >= 11 is 0. The number of nitrogens with zero attached hydrogens (tertiary/aromatic N) is 1. The van der Waals surface area contributed by atoms with Crippen LogP contribution in [0.25, 0.3) is 0 Å². The number of carbonyl (C=O) groups excluding carboxylic acids is 2. The maximum Gasteiger partial charge on any atom is 1.00 e. The molecule has 0 bridgehead atoms. The van der Waals surface area contributed by atoms with Crippen LogP contribution in [0.4, 0.5) is 0 Å². The van der Waals surface area contributed by atoms with Crippen molar-refractivity contribution in [3.8, 4) is 0 Å². The van der Waals surface area contributed by atoms with Crippen LogP contribution < -0.4 is 40.0 Å². The van der Waals surface area contributed by atoms with Gasteiger partial charge in [0.25, 0.3) is 0 Å². The average Bonchev–Trinajstić information content (AvgIpc) is 3.25. The molecule has 1 aliphatic carbocycles. The van der Waals surface area contributed by atoms with Gasteiger partial charge in [0.1, 0.15) is 0 Å². The molecule has 0 spiro atoms. The average molecular weight is 364 g/mol. The summed E-state index contributed by atoms with van der Waals surface area (Å²) in [5, 5.41) is 14.5. The molecule has 1 aromatic rings. The molecule has 0 saturated carbocycles. The molecule has 26 heavy (non-hydrogen) atoms. The Labute approximate surface area is 177 Å². The fraction of sp³-hybridized carbons (Fsp3) is 0.500. The minimum atomic E-state index is -1.10. The Morgan fingerprint density at radius 3 is 2.54 bits per heavy atom. The van der Waals surface area contributed by atoms with Crippen molar-refractivity contribution >= 4 is 11.9 Å². The van der Waals surface area contributed by atoms with Gasteiger partial charge in [-0.3, -0.25) is 9.69 Å². The molecule has 134 valence electrons. The molecular weight excluding hydrogens is 339 g/mol. The third kappa shape index (κ3) is 5.43. The number of hydrogen-bond acceptors (Lipinski definition) is 4. The summed E-state index contributed by atoms with van der Waals surface area (Å²) < 4.78 is 0. The van der Waals surface area contributed by atoms with Crippen molar-refractivity contribution in [2.24, 2.45) is 0 Å². The van der Waals surface area contributed by atoms with Gasteiger partial charge in [-0.2, -0.15) is 0 Å². The van der Waals surface area contributed by atoms with Crippen LogP contribution in [0.15, 0.2) is 42.0 Å². The van der Waals surface area contributed by atoms with E-state index in [1.54, 1.807) is 4.90 Å². The summed E-state index contributed by atoms with van der Waals surface area (Å²) in [6.07, 6.45) is 7.65. The summed E-state index contributed by atoms with van der Waals surface area (Å²) in [5.74, 6) is -1.17. The largest absolute Gasteiger partial charge is 1.00 e. The quantitative estimate of drug-likeness (QED) is 0.467. The predicted molar refractivity (Wildman–Crippen MR) is 93.4 cm³/mol. The fourth-order valence-electron chi connectivity index (χ4n) is 3.84. The van der Waals surface area contributed by atoms with Crippen molar-refractivity contribution in [2.75, 3.05) is 6.54 Å². The number of hydrogen-bond donors (Lipinski definition) is 1. The van der Waals surface area contributed by atoms with E-state index in [0.29, 0.717) is 25.9 Å². The summed E-state index contributed by atoms with van der Waals surface area (Å²) in [5.41, 5.74) is 2.42. The Balaban J connectivity index is 0.00000243. The van der Waals surface area contributed by atoms with Gasteiger partial charge in [0.2, 0.25) is 5.91 Å². The first-order valence-electron chi connectivity index (χ1n) is 9.11. The number of likely N-dealkylation sites (tertiary alicyclic amines) is 1. The van der Waals surface area contributed by atoms with Gasteiger partial charge in [-0.05, 0) is 44.1 Å². The van der Waals surface area contributed by atoms with Crippen molar-refractivity contribution in [1.82, 2.24) is 10.2 Å². The molecule has 6 heteroatoms. The summed E-state index contributed by atoms with van der Waals surface area (Å²) in [7, 11) is 0. The monoisotopic (exact) mass is 364 g/mol. The van der Waals surface area contributed by atoms with Crippen molar-refractivity contribution in [2.45, 2.75) is 57.2 Å². The molecule has 1 aromatic carbocycles. The molecule has 2 unspecified atom stereocenters. The summed E-state index contributed by atoms with van der Waals surface area (Å²) in [6.45, 7) is 1.07. The number of rotatable bonds is 7. The number of aliphatic carboxylic acids is 1. The maximum absolute atomic E-state index is 12.6. The third-order valence-corrected chi connectivity index (χ3v) is 5.18. The number of allylic oxidation sites excluding steroid dienone is 1. The molecule has 1 heterocycles.